The number of carbonyl (C=O) groups excluding carboxylic acids is 1. The Bertz CT molecular complexity index is 642. The summed E-state index contributed by atoms with van der Waals surface area (Å²) in [6, 6.07) is 8.78. The van der Waals surface area contributed by atoms with Crippen LogP contribution < -0.4 is 4.74 Å². The molecule has 1 aromatic carbocycles. The van der Waals surface area contributed by atoms with Crippen molar-refractivity contribution in [2.24, 2.45) is 29.6 Å². The fourth-order valence-electron chi connectivity index (χ4n) is 6.74. The maximum atomic E-state index is 13.2. The molecule has 4 bridgehead atoms. The highest BCUT2D eigenvalue weighted by Crippen LogP contribution is 2.55. The van der Waals surface area contributed by atoms with Gasteiger partial charge >= 0.3 is 0 Å². The summed E-state index contributed by atoms with van der Waals surface area (Å²) in [4.78, 5) is 15.5. The molecule has 3 heteroatoms. The Labute approximate surface area is 150 Å². The average Bonchev–Trinajstić information content (AvgIpc) is 2.95. The molecule has 1 saturated heterocycles. The molecular weight excluding hydrogens is 310 g/mol. The molecule has 0 radical (unpaired) electrons. The number of hydrogen-bond donors (Lipinski definition) is 0. The van der Waals surface area contributed by atoms with Crippen molar-refractivity contribution in [3.05, 3.63) is 29.8 Å². The summed E-state index contributed by atoms with van der Waals surface area (Å²) in [5.74, 6) is 5.05. The lowest BCUT2D eigenvalue weighted by Crippen LogP contribution is -2.56. The van der Waals surface area contributed by atoms with Crippen LogP contribution in [0.1, 0.15) is 44.1 Å². The van der Waals surface area contributed by atoms with Crippen molar-refractivity contribution < 1.29 is 9.53 Å². The lowest BCUT2D eigenvalue weighted by Gasteiger charge is -2.56. The molecule has 1 heterocycles. The van der Waals surface area contributed by atoms with Crippen LogP contribution >= 0.6 is 0 Å². The van der Waals surface area contributed by atoms with E-state index in [1.165, 1.54) is 37.7 Å². The standard InChI is InChI=1S/C22H29NO2/c1-25-20-4-2-3-14(13-20)8-17-5-6-23(22(17)24)21-18-9-15-7-16(11-18)12-19(21)10-15/h2-4,13,15-19,21H,5-12H2,1H3. The van der Waals surface area contributed by atoms with Gasteiger partial charge in [0.15, 0.2) is 0 Å². The summed E-state index contributed by atoms with van der Waals surface area (Å²) in [7, 11) is 1.70. The van der Waals surface area contributed by atoms with Crippen LogP contribution in [0.5, 0.6) is 5.75 Å². The second-order valence-corrected chi connectivity index (χ2v) is 8.99. The molecule has 134 valence electrons. The first-order valence-electron chi connectivity index (χ1n) is 10.1. The third kappa shape index (κ3) is 2.67. The van der Waals surface area contributed by atoms with E-state index in [4.69, 9.17) is 4.74 Å². The summed E-state index contributed by atoms with van der Waals surface area (Å²) in [5, 5.41) is 0. The number of carbonyl (C=O) groups is 1. The van der Waals surface area contributed by atoms with Gasteiger partial charge in [0.2, 0.25) is 5.91 Å². The molecule has 0 aromatic heterocycles. The molecular formula is C22H29NO2. The maximum absolute atomic E-state index is 13.2. The number of hydrogen-bond acceptors (Lipinski definition) is 2. The van der Waals surface area contributed by atoms with Gasteiger partial charge in [-0.3, -0.25) is 4.79 Å². The highest BCUT2D eigenvalue weighted by molar-refractivity contribution is 5.81. The van der Waals surface area contributed by atoms with Gasteiger partial charge in [-0.1, -0.05) is 12.1 Å². The minimum Gasteiger partial charge on any atom is -0.497 e. The van der Waals surface area contributed by atoms with Crippen LogP contribution in [0.4, 0.5) is 0 Å². The molecule has 3 nitrogen and oxygen atoms in total. The van der Waals surface area contributed by atoms with Crippen LogP contribution in [0.25, 0.3) is 0 Å². The zero-order valence-electron chi connectivity index (χ0n) is 15.2. The van der Waals surface area contributed by atoms with Crippen LogP contribution in [-0.4, -0.2) is 30.5 Å². The van der Waals surface area contributed by atoms with Gasteiger partial charge in [-0.25, -0.2) is 0 Å². The van der Waals surface area contributed by atoms with E-state index in [1.807, 2.05) is 12.1 Å². The summed E-state index contributed by atoms with van der Waals surface area (Å²) in [6.07, 6.45) is 8.93. The number of likely N-dealkylation sites (tertiary alicyclic amines) is 1. The van der Waals surface area contributed by atoms with Gasteiger partial charge in [0.05, 0.1) is 7.11 Å². The van der Waals surface area contributed by atoms with E-state index in [2.05, 4.69) is 17.0 Å². The summed E-state index contributed by atoms with van der Waals surface area (Å²) < 4.78 is 5.33. The molecule has 5 fully saturated rings. The van der Waals surface area contributed by atoms with Crippen LogP contribution in [0.2, 0.25) is 0 Å². The number of rotatable bonds is 4. The summed E-state index contributed by atoms with van der Waals surface area (Å²) >= 11 is 0. The number of ether oxygens (including phenoxy) is 1. The number of nitrogens with zero attached hydrogens (tertiary/aromatic N) is 1. The molecule has 1 aliphatic heterocycles. The van der Waals surface area contributed by atoms with Crippen LogP contribution in [-0.2, 0) is 11.2 Å². The van der Waals surface area contributed by atoms with E-state index in [1.54, 1.807) is 7.11 Å². The van der Waals surface area contributed by atoms with E-state index in [-0.39, 0.29) is 5.92 Å². The van der Waals surface area contributed by atoms with Crippen molar-refractivity contribution in [3.63, 3.8) is 0 Å². The summed E-state index contributed by atoms with van der Waals surface area (Å²) in [5.41, 5.74) is 1.23. The Balaban J connectivity index is 1.30. The van der Waals surface area contributed by atoms with Gasteiger partial charge in [0, 0.05) is 18.5 Å². The second kappa shape index (κ2) is 6.03. The second-order valence-electron chi connectivity index (χ2n) is 8.99. The molecule has 4 aliphatic carbocycles. The first-order chi connectivity index (χ1) is 12.2. The molecule has 6 rings (SSSR count). The van der Waals surface area contributed by atoms with Crippen LogP contribution in [0.3, 0.4) is 0 Å². The van der Waals surface area contributed by atoms with Gasteiger partial charge in [0.25, 0.3) is 0 Å². The van der Waals surface area contributed by atoms with Gasteiger partial charge in [0.1, 0.15) is 5.75 Å². The molecule has 25 heavy (non-hydrogen) atoms. The first-order valence-corrected chi connectivity index (χ1v) is 10.1. The normalized spacial score (nSPS) is 39.2. The molecule has 1 aromatic rings. The van der Waals surface area contributed by atoms with E-state index in [0.717, 1.165) is 48.8 Å². The quantitative estimate of drug-likeness (QED) is 0.832. The molecule has 1 atom stereocenters. The Hall–Kier alpha value is -1.51. The maximum Gasteiger partial charge on any atom is 0.226 e. The molecule has 1 unspecified atom stereocenters. The van der Waals surface area contributed by atoms with Crippen molar-refractivity contribution in [1.82, 2.24) is 4.90 Å². The lowest BCUT2D eigenvalue weighted by molar-refractivity contribution is -0.141. The van der Waals surface area contributed by atoms with Crippen LogP contribution in [0.15, 0.2) is 24.3 Å². The van der Waals surface area contributed by atoms with E-state index in [9.17, 15) is 4.79 Å². The Morgan fingerprint density at radius 3 is 2.48 bits per heavy atom. The van der Waals surface area contributed by atoms with Gasteiger partial charge in [-0.15, -0.1) is 0 Å². The SMILES string of the molecule is COc1cccc(CC2CCN(C3C4CC5CC(C4)CC3C5)C2=O)c1. The fourth-order valence-corrected chi connectivity index (χ4v) is 6.74. The largest absolute Gasteiger partial charge is 0.497 e. The van der Waals surface area contributed by atoms with Gasteiger partial charge in [-0.05, 0) is 86.3 Å². The fraction of sp³-hybridized carbons (Fsp3) is 0.682. The smallest absolute Gasteiger partial charge is 0.226 e. The van der Waals surface area contributed by atoms with Crippen LogP contribution in [0, 0.1) is 29.6 Å². The highest BCUT2D eigenvalue weighted by Gasteiger charge is 2.52. The average molecular weight is 339 g/mol. The molecule has 4 saturated carbocycles. The predicted octanol–water partition coefficient (Wildman–Crippen LogP) is 3.91. The van der Waals surface area contributed by atoms with E-state index >= 15 is 0 Å². The lowest BCUT2D eigenvalue weighted by atomic mass is 9.54. The Morgan fingerprint density at radius 1 is 1.08 bits per heavy atom. The predicted molar refractivity (Wildman–Crippen MR) is 97.4 cm³/mol. The Kier molecular flexibility index (Phi) is 3.79. The number of amides is 1. The number of methoxy groups -OCH3 is 1. The molecule has 0 N–H and O–H groups in total. The highest BCUT2D eigenvalue weighted by atomic mass is 16.5. The zero-order valence-corrected chi connectivity index (χ0v) is 15.2. The molecule has 1 amide bonds. The van der Waals surface area contributed by atoms with Gasteiger partial charge < -0.3 is 9.64 Å². The Morgan fingerprint density at radius 2 is 1.80 bits per heavy atom. The molecule has 0 spiro atoms. The van der Waals surface area contributed by atoms with Crippen molar-refractivity contribution in [2.75, 3.05) is 13.7 Å². The minimum atomic E-state index is 0.171. The molecule has 5 aliphatic rings. The van der Waals surface area contributed by atoms with Crippen molar-refractivity contribution in [3.8, 4) is 5.75 Å². The number of benzene rings is 1. The summed E-state index contributed by atoms with van der Waals surface area (Å²) in [6.45, 7) is 0.987. The van der Waals surface area contributed by atoms with Crippen molar-refractivity contribution in [1.29, 1.82) is 0 Å². The van der Waals surface area contributed by atoms with Gasteiger partial charge in [-0.2, -0.15) is 0 Å². The van der Waals surface area contributed by atoms with Crippen molar-refractivity contribution >= 4 is 5.91 Å². The van der Waals surface area contributed by atoms with E-state index < -0.39 is 0 Å². The van der Waals surface area contributed by atoms with E-state index in [0.29, 0.717) is 11.9 Å². The minimum absolute atomic E-state index is 0.171. The topological polar surface area (TPSA) is 29.5 Å². The monoisotopic (exact) mass is 339 g/mol. The third-order valence-electron chi connectivity index (χ3n) is 7.50. The third-order valence-corrected chi connectivity index (χ3v) is 7.50. The first kappa shape index (κ1) is 15.7. The zero-order chi connectivity index (χ0) is 17.0. The van der Waals surface area contributed by atoms with Crippen molar-refractivity contribution in [2.45, 2.75) is 51.0 Å².